The van der Waals surface area contributed by atoms with Gasteiger partial charge in [0.15, 0.2) is 5.69 Å². The molecule has 164 valence electrons. The van der Waals surface area contributed by atoms with E-state index >= 15 is 0 Å². The summed E-state index contributed by atoms with van der Waals surface area (Å²) in [7, 11) is 0. The van der Waals surface area contributed by atoms with Crippen LogP contribution in [0.5, 0.6) is 0 Å². The molecule has 8 nitrogen and oxygen atoms in total. The van der Waals surface area contributed by atoms with Crippen LogP contribution < -0.4 is 10.6 Å². The van der Waals surface area contributed by atoms with Gasteiger partial charge >= 0.3 is 0 Å². The minimum atomic E-state index is -0.737. The number of benzene rings is 1. The van der Waals surface area contributed by atoms with Crippen LogP contribution in [0.25, 0.3) is 0 Å². The quantitative estimate of drug-likeness (QED) is 0.739. The first-order valence-electron chi connectivity index (χ1n) is 10.6. The molecule has 3 amide bonds. The fraction of sp³-hybridized carbons (Fsp3) is 0.455. The molecule has 1 aliphatic heterocycles. The van der Waals surface area contributed by atoms with Gasteiger partial charge in [0.2, 0.25) is 5.91 Å². The van der Waals surface area contributed by atoms with E-state index in [-0.39, 0.29) is 29.2 Å². The number of rotatable bonds is 5. The number of amides is 3. The third kappa shape index (κ3) is 3.69. The molecule has 2 aliphatic rings. The summed E-state index contributed by atoms with van der Waals surface area (Å²) >= 11 is 6.32. The molecule has 2 heterocycles. The lowest BCUT2D eigenvalue weighted by Crippen LogP contribution is -2.46. The molecule has 1 aliphatic carbocycles. The molecule has 1 saturated heterocycles. The molecule has 0 bridgehead atoms. The average Bonchev–Trinajstić information content (AvgIpc) is 3.37. The fourth-order valence-electron chi connectivity index (χ4n) is 5.01. The Morgan fingerprint density at radius 3 is 2.65 bits per heavy atom. The smallest absolute Gasteiger partial charge is 0.273 e. The molecule has 0 radical (unpaired) electrons. The maximum Gasteiger partial charge on any atom is 0.273 e. The highest BCUT2D eigenvalue weighted by Gasteiger charge is 2.49. The summed E-state index contributed by atoms with van der Waals surface area (Å²) in [5.74, 6) is -0.900. The number of aromatic nitrogens is 2. The average molecular weight is 444 g/mol. The van der Waals surface area contributed by atoms with Gasteiger partial charge in [0.25, 0.3) is 11.8 Å². The predicted octanol–water partition coefficient (Wildman–Crippen LogP) is 2.99. The maximum absolute atomic E-state index is 13.3. The molecular weight excluding hydrogens is 418 g/mol. The molecule has 9 heteroatoms. The van der Waals surface area contributed by atoms with Crippen molar-refractivity contribution in [1.29, 1.82) is 0 Å². The van der Waals surface area contributed by atoms with Crippen molar-refractivity contribution in [3.63, 3.8) is 0 Å². The van der Waals surface area contributed by atoms with E-state index in [1.54, 1.807) is 15.9 Å². The highest BCUT2D eigenvalue weighted by molar-refractivity contribution is 6.34. The molecule has 0 atom stereocenters. The Bertz CT molecular complexity index is 1010. The van der Waals surface area contributed by atoms with Crippen LogP contribution in [0.2, 0.25) is 5.02 Å². The number of carbonyl (C=O) groups excluding carboxylic acids is 3. The predicted molar refractivity (Wildman–Crippen MR) is 117 cm³/mol. The zero-order valence-corrected chi connectivity index (χ0v) is 18.2. The minimum absolute atomic E-state index is 0.00526. The standard InChI is InChI=1S/C22H26ClN5O3/c1-2-27(20(30)18-17(19(24)29)25-13-26-18)14-7-9-22(10-8-14)11-12-28(21(22)31)16-6-4-3-5-15(16)23/h3-6,13-14H,2,7-12H2,1H3,(H2,24,29)(H,25,26). The molecule has 1 spiro atoms. The number of aromatic amines is 1. The van der Waals surface area contributed by atoms with Gasteiger partial charge < -0.3 is 20.5 Å². The van der Waals surface area contributed by atoms with Crippen molar-refractivity contribution >= 4 is 35.0 Å². The second-order valence-electron chi connectivity index (χ2n) is 8.25. The van der Waals surface area contributed by atoms with Crippen LogP contribution in [0.15, 0.2) is 30.6 Å². The number of nitrogens with zero attached hydrogens (tertiary/aromatic N) is 3. The second kappa shape index (κ2) is 8.34. The number of hydrogen-bond acceptors (Lipinski definition) is 4. The van der Waals surface area contributed by atoms with Crippen molar-refractivity contribution < 1.29 is 14.4 Å². The molecule has 4 rings (SSSR count). The van der Waals surface area contributed by atoms with E-state index in [0.717, 1.165) is 24.9 Å². The van der Waals surface area contributed by atoms with Crippen LogP contribution in [0.4, 0.5) is 5.69 Å². The van der Waals surface area contributed by atoms with Crippen molar-refractivity contribution in [3.05, 3.63) is 47.0 Å². The summed E-state index contributed by atoms with van der Waals surface area (Å²) in [5, 5.41) is 0.578. The van der Waals surface area contributed by atoms with E-state index in [0.29, 0.717) is 31.0 Å². The number of halogens is 1. The summed E-state index contributed by atoms with van der Waals surface area (Å²) in [6.45, 7) is 3.05. The number of carbonyl (C=O) groups is 3. The number of imidazole rings is 1. The van der Waals surface area contributed by atoms with E-state index in [9.17, 15) is 14.4 Å². The van der Waals surface area contributed by atoms with Gasteiger partial charge in [-0.1, -0.05) is 23.7 Å². The van der Waals surface area contributed by atoms with Gasteiger partial charge in [0, 0.05) is 19.1 Å². The Labute approximate surface area is 185 Å². The molecular formula is C22H26ClN5O3. The van der Waals surface area contributed by atoms with Crippen molar-refractivity contribution in [1.82, 2.24) is 14.9 Å². The number of primary amides is 1. The van der Waals surface area contributed by atoms with E-state index < -0.39 is 11.3 Å². The third-order valence-electron chi connectivity index (χ3n) is 6.70. The van der Waals surface area contributed by atoms with Crippen LogP contribution in [0, 0.1) is 5.41 Å². The molecule has 2 fully saturated rings. The number of para-hydroxylation sites is 1. The highest BCUT2D eigenvalue weighted by atomic mass is 35.5. The van der Waals surface area contributed by atoms with Gasteiger partial charge in [0.1, 0.15) is 5.69 Å². The van der Waals surface area contributed by atoms with Crippen molar-refractivity contribution in [2.45, 2.75) is 45.1 Å². The molecule has 0 unspecified atom stereocenters. The van der Waals surface area contributed by atoms with Crippen LogP contribution in [-0.2, 0) is 4.79 Å². The normalized spacial score (nSPS) is 23.4. The SMILES string of the molecule is CCN(C(=O)c1[nH]cnc1C(N)=O)C1CCC2(CC1)CCN(c1ccccc1Cl)C2=O. The Kier molecular flexibility index (Phi) is 5.75. The van der Waals surface area contributed by atoms with E-state index in [1.165, 1.54) is 6.33 Å². The number of nitrogens with one attached hydrogen (secondary N) is 1. The summed E-state index contributed by atoms with van der Waals surface area (Å²) in [5.41, 5.74) is 5.78. The number of nitrogens with two attached hydrogens (primary N) is 1. The van der Waals surface area contributed by atoms with E-state index in [2.05, 4.69) is 9.97 Å². The zero-order chi connectivity index (χ0) is 22.2. The summed E-state index contributed by atoms with van der Waals surface area (Å²) in [4.78, 5) is 48.2. The summed E-state index contributed by atoms with van der Waals surface area (Å²) in [6.07, 6.45) is 4.97. The van der Waals surface area contributed by atoms with Gasteiger partial charge in [-0.15, -0.1) is 0 Å². The number of H-pyrrole nitrogens is 1. The lowest BCUT2D eigenvalue weighted by molar-refractivity contribution is -0.127. The molecule has 3 N–H and O–H groups in total. The van der Waals surface area contributed by atoms with Crippen LogP contribution in [0.1, 0.15) is 60.0 Å². The Morgan fingerprint density at radius 2 is 2.00 bits per heavy atom. The highest BCUT2D eigenvalue weighted by Crippen LogP contribution is 2.47. The first-order valence-corrected chi connectivity index (χ1v) is 11.0. The van der Waals surface area contributed by atoms with Gasteiger partial charge in [-0.05, 0) is 51.2 Å². The maximum atomic E-state index is 13.3. The first kappa shape index (κ1) is 21.4. The summed E-state index contributed by atoms with van der Waals surface area (Å²) in [6, 6.07) is 7.41. The molecule has 1 aromatic heterocycles. The van der Waals surface area contributed by atoms with Crippen LogP contribution >= 0.6 is 11.6 Å². The van der Waals surface area contributed by atoms with Crippen LogP contribution in [0.3, 0.4) is 0 Å². The largest absolute Gasteiger partial charge is 0.364 e. The Hall–Kier alpha value is -2.87. The van der Waals surface area contributed by atoms with Gasteiger partial charge in [-0.25, -0.2) is 4.98 Å². The minimum Gasteiger partial charge on any atom is -0.364 e. The number of hydrogen-bond donors (Lipinski definition) is 2. The molecule has 1 aromatic carbocycles. The molecule has 31 heavy (non-hydrogen) atoms. The first-order chi connectivity index (χ1) is 14.9. The van der Waals surface area contributed by atoms with Crippen LogP contribution in [-0.4, -0.2) is 51.7 Å². The lowest BCUT2D eigenvalue weighted by Gasteiger charge is -2.40. The van der Waals surface area contributed by atoms with E-state index in [1.807, 2.05) is 25.1 Å². The fourth-order valence-corrected chi connectivity index (χ4v) is 5.24. The topological polar surface area (TPSA) is 112 Å². The number of anilines is 1. The third-order valence-corrected chi connectivity index (χ3v) is 7.02. The van der Waals surface area contributed by atoms with Crippen molar-refractivity contribution in [2.75, 3.05) is 18.0 Å². The van der Waals surface area contributed by atoms with Crippen molar-refractivity contribution in [3.8, 4) is 0 Å². The Balaban J connectivity index is 1.47. The Morgan fingerprint density at radius 1 is 1.29 bits per heavy atom. The van der Waals surface area contributed by atoms with Gasteiger partial charge in [-0.2, -0.15) is 0 Å². The second-order valence-corrected chi connectivity index (χ2v) is 8.66. The van der Waals surface area contributed by atoms with Gasteiger partial charge in [-0.3, -0.25) is 14.4 Å². The monoisotopic (exact) mass is 443 g/mol. The van der Waals surface area contributed by atoms with E-state index in [4.69, 9.17) is 17.3 Å². The summed E-state index contributed by atoms with van der Waals surface area (Å²) < 4.78 is 0. The molecule has 2 aromatic rings. The zero-order valence-electron chi connectivity index (χ0n) is 17.4. The molecule has 1 saturated carbocycles. The van der Waals surface area contributed by atoms with Crippen molar-refractivity contribution in [2.24, 2.45) is 11.1 Å². The van der Waals surface area contributed by atoms with Gasteiger partial charge in [0.05, 0.1) is 22.5 Å². The lowest BCUT2D eigenvalue weighted by atomic mass is 9.71.